The monoisotopic (exact) mass is 594 g/mol. The number of nitrogens with two attached hydrogens (primary N) is 2. The summed E-state index contributed by atoms with van der Waals surface area (Å²) in [5, 5.41) is 40.1. The number of carbonyl (C=O) groups is 1. The van der Waals surface area contributed by atoms with Gasteiger partial charge in [-0.2, -0.15) is 10.2 Å². The average Bonchev–Trinajstić information content (AvgIpc) is 2.69. The molecule has 11 heteroatoms. The molecular weight excluding hydrogens is 573 g/mol. The van der Waals surface area contributed by atoms with Crippen LogP contribution < -0.4 is 21.7 Å². The molecule has 0 spiro atoms. The number of non-ortho nitro benzene ring substituents is 1. The van der Waals surface area contributed by atoms with E-state index in [4.69, 9.17) is 11.5 Å². The molecule has 160 valence electrons. The summed E-state index contributed by atoms with van der Waals surface area (Å²) in [6.07, 6.45) is 4.80. The molecule has 30 heavy (non-hydrogen) atoms. The second-order valence-electron chi connectivity index (χ2n) is 6.56. The zero-order valence-corrected chi connectivity index (χ0v) is 18.2. The van der Waals surface area contributed by atoms with E-state index in [2.05, 4.69) is 10.2 Å². The van der Waals surface area contributed by atoms with E-state index in [0.29, 0.717) is 0 Å². The molecule has 1 aliphatic carbocycles. The minimum atomic E-state index is -1.57. The third-order valence-corrected chi connectivity index (χ3v) is 4.38. The van der Waals surface area contributed by atoms with E-state index < -0.39 is 22.2 Å². The Morgan fingerprint density at radius 3 is 2.03 bits per heavy atom. The minimum absolute atomic E-state index is 0. The van der Waals surface area contributed by atoms with Gasteiger partial charge in [0.15, 0.2) is 0 Å². The van der Waals surface area contributed by atoms with Gasteiger partial charge in [-0.1, -0.05) is 30.7 Å². The molecule has 2 aromatic rings. The molecule has 1 saturated carbocycles. The van der Waals surface area contributed by atoms with E-state index in [1.54, 1.807) is 0 Å². The van der Waals surface area contributed by atoms with E-state index in [-0.39, 0.29) is 50.2 Å². The van der Waals surface area contributed by atoms with E-state index >= 15 is 0 Å². The molecule has 0 aliphatic heterocycles. The largest absolute Gasteiger partial charge is 4.00 e. The third-order valence-electron chi connectivity index (χ3n) is 4.38. The van der Waals surface area contributed by atoms with Crippen molar-refractivity contribution < 1.29 is 41.0 Å². The van der Waals surface area contributed by atoms with Crippen molar-refractivity contribution in [2.24, 2.45) is 21.7 Å². The fourth-order valence-electron chi connectivity index (χ4n) is 2.71. The molecule has 0 heterocycles. The van der Waals surface area contributed by atoms with Crippen LogP contribution in [-0.4, -0.2) is 23.0 Å². The van der Waals surface area contributed by atoms with Crippen molar-refractivity contribution in [2.45, 2.75) is 37.8 Å². The maximum atomic E-state index is 11.4. The van der Waals surface area contributed by atoms with Crippen molar-refractivity contribution in [2.75, 3.05) is 0 Å². The van der Waals surface area contributed by atoms with Gasteiger partial charge in [0.1, 0.15) is 0 Å². The standard InChI is InChI=1S/C13H9N3O5.C6H14N2.Pt/c17-12-7-9(4-5-11(12)13(18)19)15-14-8-2-1-3-10(6-8)16(20)21;7-5-3-1-2-4-6(5)8;/h1-7,17H,(H,18,19);5-6H,1-4,7-8H2;/q;;+4/p-2. The normalized spacial score (nSPS) is 18.1. The van der Waals surface area contributed by atoms with E-state index in [0.717, 1.165) is 25.0 Å². The van der Waals surface area contributed by atoms with Crippen molar-refractivity contribution in [3.63, 3.8) is 0 Å². The van der Waals surface area contributed by atoms with Crippen LogP contribution in [0.25, 0.3) is 0 Å². The van der Waals surface area contributed by atoms with Crippen LogP contribution in [0.1, 0.15) is 36.0 Å². The number of carboxylic acid groups (broad SMARTS) is 1. The average molecular weight is 594 g/mol. The first-order valence-corrected chi connectivity index (χ1v) is 8.97. The SMILES string of the molecule is NC1CCCCC1N.O=C([O-])c1ccc(N=Nc2cccc([N+](=O)[O-])c2)cc1[O-].[Pt+4]. The minimum Gasteiger partial charge on any atom is -0.872 e. The molecule has 10 nitrogen and oxygen atoms in total. The zero-order chi connectivity index (χ0) is 21.4. The first-order chi connectivity index (χ1) is 13.8. The first kappa shape index (κ1) is 25.4. The van der Waals surface area contributed by atoms with Gasteiger partial charge in [-0.05, 0) is 36.6 Å². The third kappa shape index (κ3) is 7.62. The molecule has 4 N–H and O–H groups in total. The summed E-state index contributed by atoms with van der Waals surface area (Å²) in [5.41, 5.74) is 11.1. The Morgan fingerprint density at radius 1 is 1.00 bits per heavy atom. The van der Waals surface area contributed by atoms with Gasteiger partial charge in [-0.15, -0.1) is 0 Å². The summed E-state index contributed by atoms with van der Waals surface area (Å²) >= 11 is 0. The number of carboxylic acids is 1. The Labute approximate surface area is 187 Å². The quantitative estimate of drug-likeness (QED) is 0.306. The summed E-state index contributed by atoms with van der Waals surface area (Å²) in [6.45, 7) is 0. The fourth-order valence-corrected chi connectivity index (χ4v) is 2.71. The first-order valence-electron chi connectivity index (χ1n) is 8.97. The summed E-state index contributed by atoms with van der Waals surface area (Å²) in [6, 6.07) is 9.39. The summed E-state index contributed by atoms with van der Waals surface area (Å²) in [4.78, 5) is 20.6. The molecule has 0 saturated heterocycles. The van der Waals surface area contributed by atoms with Crippen LogP contribution in [0.2, 0.25) is 0 Å². The Morgan fingerprint density at radius 2 is 1.57 bits per heavy atom. The number of rotatable bonds is 4. The van der Waals surface area contributed by atoms with Gasteiger partial charge in [0.05, 0.1) is 22.3 Å². The van der Waals surface area contributed by atoms with Crippen LogP contribution >= 0.6 is 0 Å². The second-order valence-corrected chi connectivity index (χ2v) is 6.56. The number of nitrogens with zero attached hydrogens (tertiary/aromatic N) is 3. The van der Waals surface area contributed by atoms with Gasteiger partial charge >= 0.3 is 21.1 Å². The smallest absolute Gasteiger partial charge is 0.872 e. The molecule has 0 bridgehead atoms. The molecule has 2 atom stereocenters. The zero-order valence-electron chi connectivity index (χ0n) is 15.9. The number of nitro groups is 1. The predicted octanol–water partition coefficient (Wildman–Crippen LogP) is 1.66. The van der Waals surface area contributed by atoms with Crippen LogP contribution in [0.4, 0.5) is 17.1 Å². The number of hydrogen-bond acceptors (Lipinski definition) is 9. The fraction of sp³-hybridized carbons (Fsp3) is 0.316. The number of azo groups is 1. The summed E-state index contributed by atoms with van der Waals surface area (Å²) in [5.74, 6) is -2.31. The van der Waals surface area contributed by atoms with Crippen molar-refractivity contribution in [1.82, 2.24) is 0 Å². The van der Waals surface area contributed by atoms with E-state index in [1.807, 2.05) is 0 Å². The summed E-state index contributed by atoms with van der Waals surface area (Å²) in [7, 11) is 0. The van der Waals surface area contributed by atoms with Crippen LogP contribution in [0.3, 0.4) is 0 Å². The van der Waals surface area contributed by atoms with Crippen molar-refractivity contribution in [3.8, 4) is 5.75 Å². The van der Waals surface area contributed by atoms with Gasteiger partial charge in [-0.3, -0.25) is 10.1 Å². The Hall–Kier alpha value is -2.68. The van der Waals surface area contributed by atoms with Gasteiger partial charge < -0.3 is 26.5 Å². The van der Waals surface area contributed by atoms with Gasteiger partial charge in [-0.25, -0.2) is 0 Å². The molecule has 0 amide bonds. The molecular formula is C19H21N5O5Pt+2. The van der Waals surface area contributed by atoms with Crippen molar-refractivity contribution in [1.29, 1.82) is 0 Å². The molecule has 3 rings (SSSR count). The number of nitro benzene ring substituents is 1. The number of benzene rings is 2. The van der Waals surface area contributed by atoms with E-state index in [9.17, 15) is 25.1 Å². The van der Waals surface area contributed by atoms with Gasteiger partial charge in [0.25, 0.3) is 5.69 Å². The molecule has 2 unspecified atom stereocenters. The van der Waals surface area contributed by atoms with Crippen LogP contribution in [0.5, 0.6) is 5.75 Å². The van der Waals surface area contributed by atoms with Gasteiger partial charge in [0, 0.05) is 24.2 Å². The number of carbonyl (C=O) groups excluding carboxylic acids is 1. The second kappa shape index (κ2) is 12.1. The van der Waals surface area contributed by atoms with Crippen LogP contribution in [0, 0.1) is 10.1 Å². The van der Waals surface area contributed by atoms with Gasteiger partial charge in [0.2, 0.25) is 0 Å². The molecule has 1 fully saturated rings. The number of hydrogen-bond donors (Lipinski definition) is 2. The van der Waals surface area contributed by atoms with E-state index in [1.165, 1.54) is 43.2 Å². The Balaban J connectivity index is 0.000000421. The number of aromatic carboxylic acids is 1. The topological polar surface area (TPSA) is 183 Å². The molecule has 1 aliphatic rings. The maximum absolute atomic E-state index is 11.4. The summed E-state index contributed by atoms with van der Waals surface area (Å²) < 4.78 is 0. The van der Waals surface area contributed by atoms with Crippen LogP contribution in [0.15, 0.2) is 52.7 Å². The Bertz CT molecular complexity index is 899. The predicted molar refractivity (Wildman–Crippen MR) is 102 cm³/mol. The Kier molecular flexibility index (Phi) is 10.2. The molecule has 0 radical (unpaired) electrons. The van der Waals surface area contributed by atoms with Crippen molar-refractivity contribution in [3.05, 3.63) is 58.1 Å². The maximum Gasteiger partial charge on any atom is 4.00 e. The van der Waals surface area contributed by atoms with Crippen molar-refractivity contribution >= 4 is 23.0 Å². The molecule has 2 aromatic carbocycles. The van der Waals surface area contributed by atoms with Crippen LogP contribution in [-0.2, 0) is 21.1 Å². The molecule has 0 aromatic heterocycles.